The van der Waals surface area contributed by atoms with Gasteiger partial charge in [-0.3, -0.25) is 4.79 Å². The second-order valence-corrected chi connectivity index (χ2v) is 9.18. The quantitative estimate of drug-likeness (QED) is 0.588. The van der Waals surface area contributed by atoms with Gasteiger partial charge in [-0.15, -0.1) is 0 Å². The van der Waals surface area contributed by atoms with Crippen molar-refractivity contribution in [2.45, 2.75) is 17.2 Å². The van der Waals surface area contributed by atoms with Crippen LogP contribution in [-0.2, 0) is 20.9 Å². The summed E-state index contributed by atoms with van der Waals surface area (Å²) in [4.78, 5) is 12.3. The lowest BCUT2D eigenvalue weighted by Gasteiger charge is -2.26. The van der Waals surface area contributed by atoms with Crippen LogP contribution >= 0.6 is 0 Å². The van der Waals surface area contributed by atoms with Gasteiger partial charge in [0.05, 0.1) is 23.7 Å². The molecule has 0 spiro atoms. The highest BCUT2D eigenvalue weighted by atomic mass is 32.2. The molecule has 2 aromatic carbocycles. The summed E-state index contributed by atoms with van der Waals surface area (Å²) in [6, 6.07) is 9.43. The molecule has 33 heavy (non-hydrogen) atoms. The minimum atomic E-state index is -4.45. The molecule has 2 aromatic rings. The van der Waals surface area contributed by atoms with Crippen molar-refractivity contribution in [3.63, 3.8) is 0 Å². The molecule has 1 amide bonds. The Morgan fingerprint density at radius 2 is 1.70 bits per heavy atom. The van der Waals surface area contributed by atoms with Gasteiger partial charge in [0.2, 0.25) is 10.0 Å². The van der Waals surface area contributed by atoms with E-state index < -0.39 is 33.8 Å². The van der Waals surface area contributed by atoms with Crippen LogP contribution in [-0.4, -0.2) is 69.3 Å². The average molecular weight is 488 g/mol. The molecule has 0 radical (unpaired) electrons. The van der Waals surface area contributed by atoms with Crippen molar-refractivity contribution in [2.24, 2.45) is 0 Å². The maximum absolute atomic E-state index is 12.6. The van der Waals surface area contributed by atoms with Crippen molar-refractivity contribution in [1.82, 2.24) is 9.62 Å². The van der Waals surface area contributed by atoms with Gasteiger partial charge >= 0.3 is 6.18 Å². The third kappa shape index (κ3) is 6.67. The Bertz CT molecular complexity index is 1040. The maximum atomic E-state index is 12.6. The predicted molar refractivity (Wildman–Crippen MR) is 111 cm³/mol. The van der Waals surface area contributed by atoms with Gasteiger partial charge in [0, 0.05) is 25.2 Å². The third-order valence-electron chi connectivity index (χ3n) is 4.85. The number of halogens is 3. The number of ether oxygens (including phenoxy) is 2. The van der Waals surface area contributed by atoms with Crippen molar-refractivity contribution < 1.29 is 41.0 Å². The van der Waals surface area contributed by atoms with E-state index >= 15 is 0 Å². The van der Waals surface area contributed by atoms with E-state index in [1.54, 1.807) is 0 Å². The molecule has 1 aliphatic rings. The zero-order valence-electron chi connectivity index (χ0n) is 17.4. The van der Waals surface area contributed by atoms with Crippen molar-refractivity contribution in [1.29, 1.82) is 0 Å². The fourth-order valence-electron chi connectivity index (χ4n) is 3.02. The van der Waals surface area contributed by atoms with Crippen LogP contribution in [0.4, 0.5) is 13.2 Å². The van der Waals surface area contributed by atoms with Gasteiger partial charge in [-0.2, -0.15) is 17.5 Å². The third-order valence-corrected chi connectivity index (χ3v) is 6.76. The summed E-state index contributed by atoms with van der Waals surface area (Å²) in [6.45, 7) is 0.749. The van der Waals surface area contributed by atoms with Gasteiger partial charge in [0.25, 0.3) is 5.91 Å². The summed E-state index contributed by atoms with van der Waals surface area (Å²) in [5.74, 6) is -0.385. The zero-order chi connectivity index (χ0) is 24.1. The fraction of sp³-hybridized carbons (Fsp3) is 0.381. The molecule has 0 aliphatic carbocycles. The van der Waals surface area contributed by atoms with Crippen molar-refractivity contribution in [3.05, 3.63) is 59.7 Å². The fourth-order valence-corrected chi connectivity index (χ4v) is 4.43. The molecular weight excluding hydrogens is 465 g/mol. The number of benzene rings is 2. The van der Waals surface area contributed by atoms with Gasteiger partial charge < -0.3 is 19.9 Å². The largest absolute Gasteiger partial charge is 0.491 e. The molecule has 0 bridgehead atoms. The highest BCUT2D eigenvalue weighted by Gasteiger charge is 2.30. The number of alkyl halides is 3. The number of sulfonamides is 1. The number of hydrogen-bond donors (Lipinski definition) is 2. The molecule has 8 nitrogen and oxygen atoms in total. The Morgan fingerprint density at radius 1 is 1.09 bits per heavy atom. The maximum Gasteiger partial charge on any atom is 0.416 e. The Balaban J connectivity index is 1.48. The first-order valence-corrected chi connectivity index (χ1v) is 11.5. The number of amides is 1. The lowest BCUT2D eigenvalue weighted by Crippen LogP contribution is -2.40. The Kier molecular flexibility index (Phi) is 7.95. The van der Waals surface area contributed by atoms with Crippen LogP contribution in [0.5, 0.6) is 5.75 Å². The van der Waals surface area contributed by atoms with E-state index in [1.165, 1.54) is 28.6 Å². The Labute approximate surface area is 189 Å². The van der Waals surface area contributed by atoms with E-state index in [-0.39, 0.29) is 42.4 Å². The standard InChI is InChI=1S/C21H23F3N2O6S/c22-21(23,24)16-3-5-18(6-4-16)32-14-17(27)13-25-20(28)15-1-7-19(8-2-15)33(29,30)26-9-11-31-12-10-26/h1-8,17,27H,9-14H2,(H,25,28). The number of aliphatic hydroxyl groups is 1. The van der Waals surface area contributed by atoms with Gasteiger partial charge in [0.1, 0.15) is 18.5 Å². The number of nitrogens with zero attached hydrogens (tertiary/aromatic N) is 1. The minimum Gasteiger partial charge on any atom is -0.491 e. The number of morpholine rings is 1. The highest BCUT2D eigenvalue weighted by Crippen LogP contribution is 2.30. The molecule has 2 N–H and O–H groups in total. The molecular formula is C21H23F3N2O6S. The van der Waals surface area contributed by atoms with Crippen molar-refractivity contribution >= 4 is 15.9 Å². The van der Waals surface area contributed by atoms with Crippen molar-refractivity contribution in [2.75, 3.05) is 39.5 Å². The summed E-state index contributed by atoms with van der Waals surface area (Å²) in [6.07, 6.45) is -5.56. The van der Waals surface area contributed by atoms with Crippen LogP contribution in [0.2, 0.25) is 0 Å². The molecule has 1 unspecified atom stereocenters. The first-order valence-electron chi connectivity index (χ1n) is 10.0. The van der Waals surface area contributed by atoms with Crippen LogP contribution in [0.3, 0.4) is 0 Å². The van der Waals surface area contributed by atoms with Crippen molar-refractivity contribution in [3.8, 4) is 5.75 Å². The summed E-state index contributed by atoms with van der Waals surface area (Å²) in [7, 11) is -3.67. The average Bonchev–Trinajstić information content (AvgIpc) is 2.81. The normalized spacial score (nSPS) is 16.2. The van der Waals surface area contributed by atoms with E-state index in [0.29, 0.717) is 13.2 Å². The van der Waals surface area contributed by atoms with Gasteiger partial charge in [-0.05, 0) is 48.5 Å². The first-order chi connectivity index (χ1) is 15.6. The SMILES string of the molecule is O=C(NCC(O)COc1ccc(C(F)(F)F)cc1)c1ccc(S(=O)(=O)N2CCOCC2)cc1. The molecule has 0 saturated carbocycles. The highest BCUT2D eigenvalue weighted by molar-refractivity contribution is 7.89. The van der Waals surface area contributed by atoms with Gasteiger partial charge in [-0.1, -0.05) is 0 Å². The second-order valence-electron chi connectivity index (χ2n) is 7.24. The summed E-state index contributed by atoms with van der Waals surface area (Å²) in [5, 5.41) is 12.5. The lowest BCUT2D eigenvalue weighted by atomic mass is 10.2. The number of hydrogen-bond acceptors (Lipinski definition) is 6. The summed E-state index contributed by atoms with van der Waals surface area (Å²) in [5.41, 5.74) is -0.613. The number of aliphatic hydroxyl groups excluding tert-OH is 1. The Morgan fingerprint density at radius 3 is 2.27 bits per heavy atom. The molecule has 1 heterocycles. The Hall–Kier alpha value is -2.67. The minimum absolute atomic E-state index is 0.0610. The molecule has 180 valence electrons. The predicted octanol–water partition coefficient (Wildman–Crippen LogP) is 1.90. The molecule has 1 saturated heterocycles. The molecule has 1 fully saturated rings. The molecule has 1 atom stereocenters. The summed E-state index contributed by atoms with van der Waals surface area (Å²) >= 11 is 0. The van der Waals surface area contributed by atoms with E-state index in [9.17, 15) is 31.5 Å². The number of rotatable bonds is 8. The van der Waals surface area contributed by atoms with Crippen LogP contribution in [0, 0.1) is 0 Å². The van der Waals surface area contributed by atoms with Crippen LogP contribution in [0.25, 0.3) is 0 Å². The van der Waals surface area contributed by atoms with Crippen LogP contribution in [0.15, 0.2) is 53.4 Å². The molecule has 12 heteroatoms. The summed E-state index contributed by atoms with van der Waals surface area (Å²) < 4.78 is 74.6. The van der Waals surface area contributed by atoms with E-state index in [4.69, 9.17) is 9.47 Å². The second kappa shape index (κ2) is 10.5. The number of carbonyl (C=O) groups excluding carboxylic acids is 1. The van der Waals surface area contributed by atoms with Gasteiger partial charge in [0.15, 0.2) is 0 Å². The molecule has 0 aromatic heterocycles. The first kappa shape index (κ1) is 25.0. The van der Waals surface area contributed by atoms with E-state index in [1.807, 2.05) is 0 Å². The monoisotopic (exact) mass is 488 g/mol. The van der Waals surface area contributed by atoms with E-state index in [2.05, 4.69) is 5.32 Å². The molecule has 1 aliphatic heterocycles. The molecule has 3 rings (SSSR count). The topological polar surface area (TPSA) is 105 Å². The number of carbonyl (C=O) groups is 1. The lowest BCUT2D eigenvalue weighted by molar-refractivity contribution is -0.137. The smallest absolute Gasteiger partial charge is 0.416 e. The van der Waals surface area contributed by atoms with Gasteiger partial charge in [-0.25, -0.2) is 8.42 Å². The number of nitrogens with one attached hydrogen (secondary N) is 1. The van der Waals surface area contributed by atoms with Crippen LogP contribution in [0.1, 0.15) is 15.9 Å². The van der Waals surface area contributed by atoms with E-state index in [0.717, 1.165) is 24.3 Å². The zero-order valence-corrected chi connectivity index (χ0v) is 18.2. The van der Waals surface area contributed by atoms with Crippen LogP contribution < -0.4 is 10.1 Å².